The average molecular weight is 342 g/mol. The van der Waals surface area contributed by atoms with Crippen LogP contribution in [0.4, 0.5) is 0 Å². The zero-order valence-corrected chi connectivity index (χ0v) is 15.2. The molecular weight excluding hydrogens is 314 g/mol. The molecule has 0 atom stereocenters. The van der Waals surface area contributed by atoms with Gasteiger partial charge in [-0.25, -0.2) is 0 Å². The van der Waals surface area contributed by atoms with Gasteiger partial charge in [0.25, 0.3) is 0 Å². The van der Waals surface area contributed by atoms with Crippen molar-refractivity contribution in [3.05, 3.63) is 27.7 Å². The Balaban J connectivity index is 2.84. The first kappa shape index (κ1) is 17.5. The van der Waals surface area contributed by atoms with E-state index in [-0.39, 0.29) is 5.54 Å². The van der Waals surface area contributed by atoms with Gasteiger partial charge in [-0.1, -0.05) is 29.8 Å². The summed E-state index contributed by atoms with van der Waals surface area (Å²) < 4.78 is 7.15. The molecule has 114 valence electrons. The molecule has 0 saturated heterocycles. The van der Waals surface area contributed by atoms with Gasteiger partial charge in [-0.15, -0.1) is 0 Å². The van der Waals surface area contributed by atoms with Crippen LogP contribution in [0.1, 0.15) is 52.2 Å². The zero-order chi connectivity index (χ0) is 15.3. The lowest BCUT2D eigenvalue weighted by Gasteiger charge is -2.23. The second-order valence-corrected chi connectivity index (χ2v) is 7.76. The monoisotopic (exact) mass is 341 g/mol. The molecule has 0 spiro atoms. The van der Waals surface area contributed by atoms with E-state index in [1.54, 1.807) is 0 Å². The van der Waals surface area contributed by atoms with Crippen LogP contribution in [0, 0.1) is 12.8 Å². The molecule has 1 aromatic rings. The van der Waals surface area contributed by atoms with Crippen molar-refractivity contribution in [1.82, 2.24) is 5.32 Å². The maximum Gasteiger partial charge on any atom is 0.126 e. The fourth-order valence-electron chi connectivity index (χ4n) is 1.89. The molecule has 3 heteroatoms. The van der Waals surface area contributed by atoms with Crippen molar-refractivity contribution in [2.45, 2.75) is 60.0 Å². The van der Waals surface area contributed by atoms with Gasteiger partial charge >= 0.3 is 0 Å². The number of aryl methyl sites for hydroxylation is 1. The quantitative estimate of drug-likeness (QED) is 0.779. The van der Waals surface area contributed by atoms with Crippen molar-refractivity contribution < 1.29 is 4.74 Å². The van der Waals surface area contributed by atoms with Crippen LogP contribution in [-0.2, 0) is 6.54 Å². The van der Waals surface area contributed by atoms with Crippen LogP contribution >= 0.6 is 15.9 Å². The van der Waals surface area contributed by atoms with Crippen molar-refractivity contribution in [2.75, 3.05) is 6.61 Å². The molecule has 0 aliphatic carbocycles. The highest BCUT2D eigenvalue weighted by molar-refractivity contribution is 9.10. The van der Waals surface area contributed by atoms with Crippen molar-refractivity contribution >= 4 is 15.9 Å². The van der Waals surface area contributed by atoms with Crippen molar-refractivity contribution in [1.29, 1.82) is 0 Å². The Labute approximate surface area is 132 Å². The number of nitrogens with one attached hydrogen (secondary N) is 1. The molecule has 0 fully saturated rings. The number of halogens is 1. The molecular formula is C17H28BrNO. The Morgan fingerprint density at radius 1 is 1.25 bits per heavy atom. The van der Waals surface area contributed by atoms with Crippen LogP contribution in [0.2, 0.25) is 0 Å². The lowest BCUT2D eigenvalue weighted by Crippen LogP contribution is -2.35. The van der Waals surface area contributed by atoms with Crippen molar-refractivity contribution in [3.63, 3.8) is 0 Å². The van der Waals surface area contributed by atoms with Gasteiger partial charge in [0.1, 0.15) is 5.75 Å². The van der Waals surface area contributed by atoms with Gasteiger partial charge in [-0.05, 0) is 57.7 Å². The molecule has 0 aliphatic heterocycles. The number of ether oxygens (including phenoxy) is 1. The molecule has 0 saturated carbocycles. The topological polar surface area (TPSA) is 21.3 Å². The lowest BCUT2D eigenvalue weighted by molar-refractivity contribution is 0.283. The molecule has 2 nitrogen and oxygen atoms in total. The van der Waals surface area contributed by atoms with Crippen LogP contribution < -0.4 is 10.1 Å². The summed E-state index contributed by atoms with van der Waals surface area (Å²) in [5.74, 6) is 1.70. The van der Waals surface area contributed by atoms with Gasteiger partial charge < -0.3 is 10.1 Å². The third-order valence-corrected chi connectivity index (χ3v) is 3.52. The van der Waals surface area contributed by atoms with Crippen LogP contribution in [0.15, 0.2) is 16.6 Å². The van der Waals surface area contributed by atoms with Crippen LogP contribution in [0.5, 0.6) is 5.75 Å². The Morgan fingerprint density at radius 3 is 2.45 bits per heavy atom. The summed E-state index contributed by atoms with van der Waals surface area (Å²) in [6, 6.07) is 4.27. The third-order valence-electron chi connectivity index (χ3n) is 3.07. The third kappa shape index (κ3) is 6.27. The minimum Gasteiger partial charge on any atom is -0.493 e. The molecule has 0 unspecified atom stereocenters. The summed E-state index contributed by atoms with van der Waals surface area (Å²) in [7, 11) is 0. The lowest BCUT2D eigenvalue weighted by atomic mass is 10.1. The largest absolute Gasteiger partial charge is 0.493 e. The van der Waals surface area contributed by atoms with Crippen LogP contribution in [0.25, 0.3) is 0 Å². The SMILES string of the molecule is Cc1cc(Br)cc(CNC(C)(C)C)c1OCCC(C)C. The predicted octanol–water partition coefficient (Wildman–Crippen LogP) is 5.07. The maximum absolute atomic E-state index is 6.04. The first-order valence-corrected chi connectivity index (χ1v) is 8.15. The summed E-state index contributed by atoms with van der Waals surface area (Å²) in [6.07, 6.45) is 1.08. The van der Waals surface area contributed by atoms with Crippen LogP contribution in [0.3, 0.4) is 0 Å². The summed E-state index contributed by atoms with van der Waals surface area (Å²) in [6.45, 7) is 14.7. The smallest absolute Gasteiger partial charge is 0.126 e. The second kappa shape index (κ2) is 7.46. The normalized spacial score (nSPS) is 12.0. The molecule has 0 bridgehead atoms. The number of hydrogen-bond acceptors (Lipinski definition) is 2. The molecule has 0 aromatic heterocycles. The minimum atomic E-state index is 0.103. The van der Waals surface area contributed by atoms with Crippen molar-refractivity contribution in [3.8, 4) is 5.75 Å². The standard InChI is InChI=1S/C17H28BrNO/c1-12(2)7-8-20-16-13(3)9-15(18)10-14(16)11-19-17(4,5)6/h9-10,12,19H,7-8,11H2,1-6H3. The van der Waals surface area contributed by atoms with Crippen molar-refractivity contribution in [2.24, 2.45) is 5.92 Å². The highest BCUT2D eigenvalue weighted by atomic mass is 79.9. The van der Waals surface area contributed by atoms with Gasteiger partial charge in [0.2, 0.25) is 0 Å². The maximum atomic E-state index is 6.04. The minimum absolute atomic E-state index is 0.103. The fraction of sp³-hybridized carbons (Fsp3) is 0.647. The van der Waals surface area contributed by atoms with Crippen LogP contribution in [-0.4, -0.2) is 12.1 Å². The van der Waals surface area contributed by atoms with Gasteiger partial charge in [0.15, 0.2) is 0 Å². The zero-order valence-electron chi connectivity index (χ0n) is 13.6. The predicted molar refractivity (Wildman–Crippen MR) is 90.4 cm³/mol. The van der Waals surface area contributed by atoms with Gasteiger partial charge in [0, 0.05) is 22.1 Å². The molecule has 20 heavy (non-hydrogen) atoms. The number of rotatable bonds is 6. The molecule has 1 aromatic carbocycles. The van der Waals surface area contributed by atoms with E-state index in [1.165, 1.54) is 11.1 Å². The summed E-state index contributed by atoms with van der Waals surface area (Å²) in [5, 5.41) is 3.53. The molecule has 0 radical (unpaired) electrons. The Hall–Kier alpha value is -0.540. The van der Waals surface area contributed by atoms with E-state index >= 15 is 0 Å². The molecule has 0 amide bonds. The van der Waals surface area contributed by atoms with E-state index in [0.29, 0.717) is 5.92 Å². The van der Waals surface area contributed by atoms with Gasteiger partial charge in [-0.2, -0.15) is 0 Å². The summed E-state index contributed by atoms with van der Waals surface area (Å²) in [4.78, 5) is 0. The second-order valence-electron chi connectivity index (χ2n) is 6.85. The first-order chi connectivity index (χ1) is 9.19. The van der Waals surface area contributed by atoms with E-state index < -0.39 is 0 Å². The molecule has 1 N–H and O–H groups in total. The van der Waals surface area contributed by atoms with Gasteiger partial charge in [0.05, 0.1) is 6.61 Å². The Kier molecular flexibility index (Phi) is 6.53. The van der Waals surface area contributed by atoms with Gasteiger partial charge in [-0.3, -0.25) is 0 Å². The highest BCUT2D eigenvalue weighted by Crippen LogP contribution is 2.29. The van der Waals surface area contributed by atoms with E-state index in [0.717, 1.165) is 29.8 Å². The summed E-state index contributed by atoms with van der Waals surface area (Å²) >= 11 is 3.58. The Morgan fingerprint density at radius 2 is 1.90 bits per heavy atom. The fourth-order valence-corrected chi connectivity index (χ4v) is 2.51. The molecule has 1 rings (SSSR count). The van der Waals surface area contributed by atoms with E-state index in [4.69, 9.17) is 4.74 Å². The number of hydrogen-bond donors (Lipinski definition) is 1. The van der Waals surface area contributed by atoms with E-state index in [9.17, 15) is 0 Å². The summed E-state index contributed by atoms with van der Waals surface area (Å²) in [5.41, 5.74) is 2.51. The average Bonchev–Trinajstić information content (AvgIpc) is 2.27. The van der Waals surface area contributed by atoms with E-state index in [2.05, 4.69) is 74.9 Å². The Bertz CT molecular complexity index is 435. The van der Waals surface area contributed by atoms with E-state index in [1.807, 2.05) is 0 Å². The molecule has 0 heterocycles. The highest BCUT2D eigenvalue weighted by Gasteiger charge is 2.13. The molecule has 0 aliphatic rings. The first-order valence-electron chi connectivity index (χ1n) is 7.36. The number of benzene rings is 1.